The van der Waals surface area contributed by atoms with Gasteiger partial charge in [-0.25, -0.2) is 0 Å². The molecule has 1 aliphatic rings. The molecule has 68 valence electrons. The van der Waals surface area contributed by atoms with Gasteiger partial charge in [-0.3, -0.25) is 4.79 Å². The van der Waals surface area contributed by atoms with Gasteiger partial charge in [0, 0.05) is 19.5 Å². The van der Waals surface area contributed by atoms with Crippen LogP contribution in [0.5, 0.6) is 0 Å². The lowest BCUT2D eigenvalue weighted by Gasteiger charge is -2.22. The zero-order valence-electron chi connectivity index (χ0n) is 8.13. The molecule has 0 unspecified atom stereocenters. The van der Waals surface area contributed by atoms with E-state index in [1.807, 2.05) is 17.1 Å². The SMILES string of the molecule is CC(C)(C)CC(=O)N1CC=CC1. The van der Waals surface area contributed by atoms with E-state index in [9.17, 15) is 4.79 Å². The van der Waals surface area contributed by atoms with Crippen LogP contribution >= 0.6 is 0 Å². The lowest BCUT2D eigenvalue weighted by Crippen LogP contribution is -2.31. The Bertz CT molecular complexity index is 192. The Hall–Kier alpha value is -0.790. The van der Waals surface area contributed by atoms with E-state index in [2.05, 4.69) is 20.8 Å². The van der Waals surface area contributed by atoms with E-state index in [0.717, 1.165) is 13.1 Å². The van der Waals surface area contributed by atoms with Crippen LogP contribution in [0.15, 0.2) is 12.2 Å². The predicted octanol–water partition coefficient (Wildman–Crippen LogP) is 1.82. The largest absolute Gasteiger partial charge is 0.335 e. The van der Waals surface area contributed by atoms with Gasteiger partial charge in [0.15, 0.2) is 0 Å². The van der Waals surface area contributed by atoms with E-state index in [4.69, 9.17) is 0 Å². The van der Waals surface area contributed by atoms with Crippen molar-refractivity contribution in [3.05, 3.63) is 12.2 Å². The maximum Gasteiger partial charge on any atom is 0.223 e. The highest BCUT2D eigenvalue weighted by molar-refractivity contribution is 5.77. The first-order valence-corrected chi connectivity index (χ1v) is 4.42. The van der Waals surface area contributed by atoms with Gasteiger partial charge in [-0.2, -0.15) is 0 Å². The summed E-state index contributed by atoms with van der Waals surface area (Å²) in [6.45, 7) is 7.88. The van der Waals surface area contributed by atoms with Gasteiger partial charge in [0.25, 0.3) is 0 Å². The molecule has 0 bridgehead atoms. The second-order valence-corrected chi connectivity index (χ2v) is 4.51. The van der Waals surface area contributed by atoms with Crippen LogP contribution in [0.4, 0.5) is 0 Å². The molecule has 0 aromatic rings. The molecule has 0 spiro atoms. The average Bonchev–Trinajstić information content (AvgIpc) is 2.32. The minimum Gasteiger partial charge on any atom is -0.335 e. The van der Waals surface area contributed by atoms with Crippen LogP contribution in [0.3, 0.4) is 0 Å². The van der Waals surface area contributed by atoms with E-state index in [1.54, 1.807) is 0 Å². The minimum atomic E-state index is 0.111. The van der Waals surface area contributed by atoms with Crippen molar-refractivity contribution in [2.45, 2.75) is 27.2 Å². The number of nitrogens with zero attached hydrogens (tertiary/aromatic N) is 1. The van der Waals surface area contributed by atoms with Crippen molar-refractivity contribution in [3.8, 4) is 0 Å². The molecule has 0 N–H and O–H groups in total. The summed E-state index contributed by atoms with van der Waals surface area (Å²) in [4.78, 5) is 13.4. The van der Waals surface area contributed by atoms with Crippen LogP contribution in [-0.2, 0) is 4.79 Å². The molecule has 2 heteroatoms. The summed E-state index contributed by atoms with van der Waals surface area (Å²) in [5.74, 6) is 0.271. The highest BCUT2D eigenvalue weighted by Crippen LogP contribution is 2.20. The summed E-state index contributed by atoms with van der Waals surface area (Å²) >= 11 is 0. The summed E-state index contributed by atoms with van der Waals surface area (Å²) in [6.07, 6.45) is 4.73. The van der Waals surface area contributed by atoms with E-state index in [1.165, 1.54) is 0 Å². The maximum absolute atomic E-state index is 11.5. The number of carbonyl (C=O) groups excluding carboxylic acids is 1. The number of amides is 1. The third-order valence-electron chi connectivity index (χ3n) is 1.85. The second-order valence-electron chi connectivity index (χ2n) is 4.51. The van der Waals surface area contributed by atoms with Gasteiger partial charge in [-0.1, -0.05) is 32.9 Å². The lowest BCUT2D eigenvalue weighted by atomic mass is 9.92. The fourth-order valence-corrected chi connectivity index (χ4v) is 1.25. The van der Waals surface area contributed by atoms with Gasteiger partial charge in [0.05, 0.1) is 0 Å². The fraction of sp³-hybridized carbons (Fsp3) is 0.700. The van der Waals surface area contributed by atoms with Crippen LogP contribution < -0.4 is 0 Å². The van der Waals surface area contributed by atoms with E-state index in [0.29, 0.717) is 6.42 Å². The predicted molar refractivity (Wildman–Crippen MR) is 49.8 cm³/mol. The molecule has 0 saturated carbocycles. The topological polar surface area (TPSA) is 20.3 Å². The molecule has 1 amide bonds. The van der Waals surface area contributed by atoms with Crippen LogP contribution in [0.2, 0.25) is 0 Å². The van der Waals surface area contributed by atoms with Crippen molar-refractivity contribution in [3.63, 3.8) is 0 Å². The smallest absolute Gasteiger partial charge is 0.223 e. The molecule has 1 aliphatic heterocycles. The molecule has 0 atom stereocenters. The van der Waals surface area contributed by atoms with Crippen LogP contribution in [0.1, 0.15) is 27.2 Å². The van der Waals surface area contributed by atoms with Crippen LogP contribution in [0, 0.1) is 5.41 Å². The Kier molecular flexibility index (Phi) is 2.55. The Morgan fingerprint density at radius 1 is 1.33 bits per heavy atom. The van der Waals surface area contributed by atoms with Gasteiger partial charge in [0.1, 0.15) is 0 Å². The van der Waals surface area contributed by atoms with Crippen LogP contribution in [-0.4, -0.2) is 23.9 Å². The Morgan fingerprint density at radius 3 is 2.25 bits per heavy atom. The van der Waals surface area contributed by atoms with Crippen molar-refractivity contribution < 1.29 is 4.79 Å². The van der Waals surface area contributed by atoms with Gasteiger partial charge >= 0.3 is 0 Å². The van der Waals surface area contributed by atoms with Gasteiger partial charge < -0.3 is 4.90 Å². The Labute approximate surface area is 74.2 Å². The third-order valence-corrected chi connectivity index (χ3v) is 1.85. The first kappa shape index (κ1) is 9.30. The summed E-state index contributed by atoms with van der Waals surface area (Å²) in [6, 6.07) is 0. The number of rotatable bonds is 1. The number of carbonyl (C=O) groups is 1. The fourth-order valence-electron chi connectivity index (χ4n) is 1.25. The zero-order chi connectivity index (χ0) is 9.19. The molecular weight excluding hydrogens is 150 g/mol. The van der Waals surface area contributed by atoms with Gasteiger partial charge in [0.2, 0.25) is 5.91 Å². The molecule has 0 aliphatic carbocycles. The normalized spacial score (nSPS) is 17.1. The Balaban J connectivity index is 2.39. The third kappa shape index (κ3) is 2.68. The standard InChI is InChI=1S/C10H17NO/c1-10(2,3)8-9(12)11-6-4-5-7-11/h4-5H,6-8H2,1-3H3. The molecular formula is C10H17NO. The molecule has 0 radical (unpaired) electrons. The summed E-state index contributed by atoms with van der Waals surface area (Å²) in [5.41, 5.74) is 0.111. The summed E-state index contributed by atoms with van der Waals surface area (Å²) in [7, 11) is 0. The van der Waals surface area contributed by atoms with Crippen molar-refractivity contribution in [2.75, 3.05) is 13.1 Å². The van der Waals surface area contributed by atoms with Gasteiger partial charge in [-0.15, -0.1) is 0 Å². The van der Waals surface area contributed by atoms with Crippen molar-refractivity contribution in [1.82, 2.24) is 4.90 Å². The molecule has 0 fully saturated rings. The first-order chi connectivity index (χ1) is 5.49. The van der Waals surface area contributed by atoms with Crippen molar-refractivity contribution in [1.29, 1.82) is 0 Å². The Morgan fingerprint density at radius 2 is 1.83 bits per heavy atom. The molecule has 1 rings (SSSR count). The van der Waals surface area contributed by atoms with Crippen molar-refractivity contribution >= 4 is 5.91 Å². The van der Waals surface area contributed by atoms with Gasteiger partial charge in [-0.05, 0) is 5.41 Å². The molecule has 0 saturated heterocycles. The molecule has 0 aromatic heterocycles. The second kappa shape index (κ2) is 3.30. The van der Waals surface area contributed by atoms with E-state index in [-0.39, 0.29) is 11.3 Å². The minimum absolute atomic E-state index is 0.111. The zero-order valence-corrected chi connectivity index (χ0v) is 8.13. The molecule has 1 heterocycles. The number of hydrogen-bond donors (Lipinski definition) is 0. The number of hydrogen-bond acceptors (Lipinski definition) is 1. The van der Waals surface area contributed by atoms with Crippen LogP contribution in [0.25, 0.3) is 0 Å². The summed E-state index contributed by atoms with van der Waals surface area (Å²) in [5, 5.41) is 0. The highest BCUT2D eigenvalue weighted by Gasteiger charge is 2.20. The lowest BCUT2D eigenvalue weighted by molar-refractivity contribution is -0.131. The van der Waals surface area contributed by atoms with Crippen molar-refractivity contribution in [2.24, 2.45) is 5.41 Å². The summed E-state index contributed by atoms with van der Waals surface area (Å²) < 4.78 is 0. The van der Waals surface area contributed by atoms with E-state index < -0.39 is 0 Å². The molecule has 12 heavy (non-hydrogen) atoms. The monoisotopic (exact) mass is 167 g/mol. The van der Waals surface area contributed by atoms with E-state index >= 15 is 0 Å². The first-order valence-electron chi connectivity index (χ1n) is 4.42. The average molecular weight is 167 g/mol. The molecule has 2 nitrogen and oxygen atoms in total. The maximum atomic E-state index is 11.5. The quantitative estimate of drug-likeness (QED) is 0.545. The molecule has 0 aromatic carbocycles. The highest BCUT2D eigenvalue weighted by atomic mass is 16.2.